The molecule has 1 N–H and O–H groups in total. The van der Waals surface area contributed by atoms with Crippen molar-refractivity contribution in [3.8, 4) is 0 Å². The van der Waals surface area contributed by atoms with Gasteiger partial charge >= 0.3 is 0 Å². The fourth-order valence-electron chi connectivity index (χ4n) is 1.96. The summed E-state index contributed by atoms with van der Waals surface area (Å²) < 4.78 is 7.67. The SMILES string of the molecule is CCCn1cccc1CN[C@@H](C)c1ccco1. The van der Waals surface area contributed by atoms with Crippen molar-refractivity contribution < 1.29 is 4.42 Å². The van der Waals surface area contributed by atoms with Crippen LogP contribution >= 0.6 is 0 Å². The lowest BCUT2D eigenvalue weighted by Gasteiger charge is -2.13. The fourth-order valence-corrected chi connectivity index (χ4v) is 1.96. The molecule has 92 valence electrons. The number of rotatable bonds is 6. The highest BCUT2D eigenvalue weighted by Gasteiger charge is 2.08. The fraction of sp³-hybridized carbons (Fsp3) is 0.429. The van der Waals surface area contributed by atoms with E-state index < -0.39 is 0 Å². The van der Waals surface area contributed by atoms with Gasteiger partial charge in [-0.3, -0.25) is 0 Å². The molecular formula is C14H20N2O. The monoisotopic (exact) mass is 232 g/mol. The number of nitrogens with one attached hydrogen (secondary N) is 1. The van der Waals surface area contributed by atoms with Gasteiger partial charge in [-0.1, -0.05) is 6.92 Å². The highest BCUT2D eigenvalue weighted by Crippen LogP contribution is 2.13. The Morgan fingerprint density at radius 1 is 1.35 bits per heavy atom. The van der Waals surface area contributed by atoms with Gasteiger partial charge in [0, 0.05) is 25.0 Å². The molecule has 0 unspecified atom stereocenters. The van der Waals surface area contributed by atoms with Crippen LogP contribution in [0.2, 0.25) is 0 Å². The van der Waals surface area contributed by atoms with Gasteiger partial charge in [0.2, 0.25) is 0 Å². The molecule has 0 saturated heterocycles. The molecule has 1 atom stereocenters. The molecule has 2 rings (SSSR count). The van der Waals surface area contributed by atoms with Gasteiger partial charge in [-0.2, -0.15) is 0 Å². The van der Waals surface area contributed by atoms with E-state index in [1.807, 2.05) is 12.1 Å². The molecule has 0 fully saturated rings. The topological polar surface area (TPSA) is 30.1 Å². The van der Waals surface area contributed by atoms with Crippen molar-refractivity contribution >= 4 is 0 Å². The number of aromatic nitrogens is 1. The first-order valence-electron chi connectivity index (χ1n) is 6.22. The molecule has 0 bridgehead atoms. The summed E-state index contributed by atoms with van der Waals surface area (Å²) in [4.78, 5) is 0. The summed E-state index contributed by atoms with van der Waals surface area (Å²) in [5.74, 6) is 0.985. The minimum absolute atomic E-state index is 0.245. The Kier molecular flexibility index (Phi) is 4.04. The van der Waals surface area contributed by atoms with E-state index in [0.29, 0.717) is 0 Å². The van der Waals surface area contributed by atoms with Crippen LogP contribution in [0.3, 0.4) is 0 Å². The third-order valence-electron chi connectivity index (χ3n) is 2.95. The van der Waals surface area contributed by atoms with E-state index in [9.17, 15) is 0 Å². The number of aryl methyl sites for hydroxylation is 1. The van der Waals surface area contributed by atoms with Crippen molar-refractivity contribution in [2.24, 2.45) is 0 Å². The lowest BCUT2D eigenvalue weighted by molar-refractivity contribution is 0.425. The first kappa shape index (κ1) is 12.0. The molecule has 2 aromatic rings. The highest BCUT2D eigenvalue weighted by molar-refractivity contribution is 5.08. The Labute approximate surface area is 102 Å². The Morgan fingerprint density at radius 3 is 2.94 bits per heavy atom. The second kappa shape index (κ2) is 5.73. The van der Waals surface area contributed by atoms with Crippen molar-refractivity contribution in [1.29, 1.82) is 0 Å². The Morgan fingerprint density at radius 2 is 2.24 bits per heavy atom. The van der Waals surface area contributed by atoms with Crippen LogP contribution in [0.4, 0.5) is 0 Å². The van der Waals surface area contributed by atoms with E-state index in [4.69, 9.17) is 4.42 Å². The molecule has 2 aromatic heterocycles. The average Bonchev–Trinajstić information content (AvgIpc) is 2.97. The van der Waals surface area contributed by atoms with Crippen LogP contribution in [-0.2, 0) is 13.1 Å². The van der Waals surface area contributed by atoms with E-state index in [2.05, 4.69) is 42.1 Å². The first-order chi connectivity index (χ1) is 8.31. The molecule has 2 heterocycles. The van der Waals surface area contributed by atoms with Crippen LogP contribution in [0.25, 0.3) is 0 Å². The number of nitrogens with zero attached hydrogens (tertiary/aromatic N) is 1. The van der Waals surface area contributed by atoms with Gasteiger partial charge in [-0.25, -0.2) is 0 Å². The minimum Gasteiger partial charge on any atom is -0.468 e. The molecule has 0 saturated carbocycles. The summed E-state index contributed by atoms with van der Waals surface area (Å²) in [7, 11) is 0. The van der Waals surface area contributed by atoms with Gasteiger partial charge in [0.25, 0.3) is 0 Å². The largest absolute Gasteiger partial charge is 0.468 e. The van der Waals surface area contributed by atoms with Crippen LogP contribution in [0.1, 0.15) is 37.8 Å². The summed E-state index contributed by atoms with van der Waals surface area (Å²) >= 11 is 0. The van der Waals surface area contributed by atoms with Gasteiger partial charge in [-0.05, 0) is 37.6 Å². The molecular weight excluding hydrogens is 212 g/mol. The summed E-state index contributed by atoms with van der Waals surface area (Å²) in [6.45, 7) is 6.27. The molecule has 3 nitrogen and oxygen atoms in total. The second-order valence-electron chi connectivity index (χ2n) is 4.31. The van der Waals surface area contributed by atoms with Crippen molar-refractivity contribution in [3.05, 3.63) is 48.2 Å². The summed E-state index contributed by atoms with van der Waals surface area (Å²) in [6.07, 6.45) is 5.01. The van der Waals surface area contributed by atoms with Crippen LogP contribution in [0, 0.1) is 0 Å². The molecule has 3 heteroatoms. The maximum Gasteiger partial charge on any atom is 0.120 e. The van der Waals surface area contributed by atoms with Crippen molar-refractivity contribution in [1.82, 2.24) is 9.88 Å². The normalized spacial score (nSPS) is 12.8. The molecule has 0 radical (unpaired) electrons. The average molecular weight is 232 g/mol. The predicted octanol–water partition coefficient (Wildman–Crippen LogP) is 3.34. The lowest BCUT2D eigenvalue weighted by atomic mass is 10.2. The van der Waals surface area contributed by atoms with Gasteiger partial charge in [-0.15, -0.1) is 0 Å². The van der Waals surface area contributed by atoms with Gasteiger partial charge in [0.15, 0.2) is 0 Å². The number of furan rings is 1. The Balaban J connectivity index is 1.91. The van der Waals surface area contributed by atoms with Crippen LogP contribution in [0.5, 0.6) is 0 Å². The van der Waals surface area contributed by atoms with Crippen LogP contribution < -0.4 is 5.32 Å². The summed E-state index contributed by atoms with van der Waals surface area (Å²) in [5.41, 5.74) is 1.32. The second-order valence-corrected chi connectivity index (χ2v) is 4.31. The molecule has 0 aliphatic rings. The maximum atomic E-state index is 5.37. The minimum atomic E-state index is 0.245. The van der Waals surface area contributed by atoms with Gasteiger partial charge in [0.1, 0.15) is 5.76 Å². The Bertz CT molecular complexity index is 431. The molecule has 17 heavy (non-hydrogen) atoms. The molecule has 0 spiro atoms. The van der Waals surface area contributed by atoms with E-state index in [1.165, 1.54) is 5.69 Å². The highest BCUT2D eigenvalue weighted by atomic mass is 16.3. The van der Waals surface area contributed by atoms with Crippen molar-refractivity contribution in [2.45, 2.75) is 39.4 Å². The third kappa shape index (κ3) is 3.01. The molecule has 0 aliphatic heterocycles. The van der Waals surface area contributed by atoms with Gasteiger partial charge in [0.05, 0.1) is 12.3 Å². The van der Waals surface area contributed by atoms with Crippen molar-refractivity contribution in [2.75, 3.05) is 0 Å². The summed E-state index contributed by atoms with van der Waals surface area (Å²) in [6, 6.07) is 8.44. The van der Waals surface area contributed by atoms with E-state index in [1.54, 1.807) is 6.26 Å². The number of hydrogen-bond acceptors (Lipinski definition) is 2. The molecule has 0 amide bonds. The van der Waals surface area contributed by atoms with E-state index in [0.717, 1.165) is 25.3 Å². The van der Waals surface area contributed by atoms with Crippen LogP contribution in [-0.4, -0.2) is 4.57 Å². The molecule has 0 aromatic carbocycles. The maximum absolute atomic E-state index is 5.37. The van der Waals surface area contributed by atoms with Crippen molar-refractivity contribution in [3.63, 3.8) is 0 Å². The standard InChI is InChI=1S/C14H20N2O/c1-3-8-16-9-4-6-13(16)11-15-12(2)14-7-5-10-17-14/h4-7,9-10,12,15H,3,8,11H2,1-2H3/t12-/m0/s1. The zero-order valence-corrected chi connectivity index (χ0v) is 10.5. The number of hydrogen-bond donors (Lipinski definition) is 1. The van der Waals surface area contributed by atoms with Gasteiger partial charge < -0.3 is 14.3 Å². The quantitative estimate of drug-likeness (QED) is 0.828. The van der Waals surface area contributed by atoms with E-state index in [-0.39, 0.29) is 6.04 Å². The summed E-state index contributed by atoms with van der Waals surface area (Å²) in [5, 5.41) is 3.47. The smallest absolute Gasteiger partial charge is 0.120 e. The van der Waals surface area contributed by atoms with E-state index >= 15 is 0 Å². The zero-order valence-electron chi connectivity index (χ0n) is 10.5. The zero-order chi connectivity index (χ0) is 12.1. The molecule has 0 aliphatic carbocycles. The third-order valence-corrected chi connectivity index (χ3v) is 2.95. The lowest BCUT2D eigenvalue weighted by Crippen LogP contribution is -2.19. The first-order valence-corrected chi connectivity index (χ1v) is 6.22. The Hall–Kier alpha value is -1.48. The van der Waals surface area contributed by atoms with Crippen LogP contribution in [0.15, 0.2) is 41.1 Å². The predicted molar refractivity (Wildman–Crippen MR) is 68.7 cm³/mol.